The van der Waals surface area contributed by atoms with Crippen LogP contribution in [0.2, 0.25) is 0 Å². The number of aromatic amines is 1. The van der Waals surface area contributed by atoms with Crippen LogP contribution in [0.5, 0.6) is 0 Å². The first-order chi connectivity index (χ1) is 16.8. The van der Waals surface area contributed by atoms with E-state index in [-0.39, 0.29) is 16.6 Å². The Morgan fingerprint density at radius 3 is 2.43 bits per heavy atom. The van der Waals surface area contributed by atoms with E-state index < -0.39 is 9.84 Å². The maximum absolute atomic E-state index is 13.2. The van der Waals surface area contributed by atoms with Crippen LogP contribution in [0.4, 0.5) is 5.69 Å². The lowest BCUT2D eigenvalue weighted by molar-refractivity contribution is -0.112. The Morgan fingerprint density at radius 1 is 1.00 bits per heavy atom. The Morgan fingerprint density at radius 2 is 1.74 bits per heavy atom. The van der Waals surface area contributed by atoms with Crippen molar-refractivity contribution in [2.45, 2.75) is 15.5 Å². The molecule has 8 nitrogen and oxygen atoms in total. The molecular formula is C23H15Br2N5O3S2. The average molecular weight is 633 g/mol. The summed E-state index contributed by atoms with van der Waals surface area (Å²) in [6.07, 6.45) is 1.75. The number of rotatable bonds is 5. The molecule has 2 heterocycles. The molecule has 12 heteroatoms. The van der Waals surface area contributed by atoms with Gasteiger partial charge in [0.1, 0.15) is 0 Å². The zero-order chi connectivity index (χ0) is 24.6. The van der Waals surface area contributed by atoms with Crippen molar-refractivity contribution in [1.82, 2.24) is 20.6 Å². The molecule has 0 saturated heterocycles. The molecule has 1 aliphatic rings. The van der Waals surface area contributed by atoms with Crippen LogP contribution >= 0.6 is 43.6 Å². The molecule has 1 aliphatic heterocycles. The van der Waals surface area contributed by atoms with Crippen LogP contribution < -0.4 is 5.32 Å². The first kappa shape index (κ1) is 23.9. The second kappa shape index (κ2) is 9.69. The number of nitrogens with one attached hydrogen (secondary N) is 2. The fourth-order valence-electron chi connectivity index (χ4n) is 3.44. The van der Waals surface area contributed by atoms with Crippen molar-refractivity contribution in [3.63, 3.8) is 0 Å². The smallest absolute Gasteiger partial charge is 0.262 e. The van der Waals surface area contributed by atoms with Gasteiger partial charge in [-0.05, 0) is 52.7 Å². The summed E-state index contributed by atoms with van der Waals surface area (Å²) in [5.41, 5.74) is 2.82. The number of anilines is 1. The van der Waals surface area contributed by atoms with Gasteiger partial charge in [0.05, 0.1) is 21.2 Å². The molecule has 0 fully saturated rings. The quantitative estimate of drug-likeness (QED) is 0.281. The predicted molar refractivity (Wildman–Crippen MR) is 141 cm³/mol. The summed E-state index contributed by atoms with van der Waals surface area (Å²) >= 11 is 8.09. The predicted octanol–water partition coefficient (Wildman–Crippen LogP) is 5.45. The number of carbonyl (C=O) groups excluding carboxylic acids is 1. The van der Waals surface area contributed by atoms with Gasteiger partial charge in [-0.2, -0.15) is 5.21 Å². The second-order valence-corrected chi connectivity index (χ2v) is 12.3. The van der Waals surface area contributed by atoms with Crippen molar-refractivity contribution in [3.05, 3.63) is 85.6 Å². The first-order valence-electron chi connectivity index (χ1n) is 10.1. The van der Waals surface area contributed by atoms with Crippen molar-refractivity contribution >= 4 is 71.1 Å². The monoisotopic (exact) mass is 631 g/mol. The number of sulfone groups is 1. The second-order valence-electron chi connectivity index (χ2n) is 7.54. The lowest BCUT2D eigenvalue weighted by Gasteiger charge is -2.19. The van der Waals surface area contributed by atoms with Crippen molar-refractivity contribution in [2.24, 2.45) is 0 Å². The summed E-state index contributed by atoms with van der Waals surface area (Å²) in [6.45, 7) is 0. The molecule has 0 saturated carbocycles. The van der Waals surface area contributed by atoms with Crippen LogP contribution in [0.25, 0.3) is 17.5 Å². The highest BCUT2D eigenvalue weighted by Crippen LogP contribution is 2.41. The Labute approximate surface area is 221 Å². The van der Waals surface area contributed by atoms with Crippen molar-refractivity contribution < 1.29 is 13.2 Å². The number of hydrogen-bond acceptors (Lipinski definition) is 7. The molecule has 0 bridgehead atoms. The zero-order valence-electron chi connectivity index (χ0n) is 17.7. The minimum Gasteiger partial charge on any atom is -0.320 e. The fourth-order valence-corrected chi connectivity index (χ4v) is 7.58. The summed E-state index contributed by atoms with van der Waals surface area (Å²) in [6, 6.07) is 17.5. The lowest BCUT2D eigenvalue weighted by Crippen LogP contribution is -2.17. The van der Waals surface area contributed by atoms with Crippen LogP contribution in [0.3, 0.4) is 0 Å². The summed E-state index contributed by atoms with van der Waals surface area (Å²) in [5, 5.41) is 16.7. The molecule has 35 heavy (non-hydrogen) atoms. The number of H-pyrrole nitrogens is 1. The molecule has 2 N–H and O–H groups in total. The molecule has 176 valence electrons. The first-order valence-corrected chi connectivity index (χ1v) is 14.2. The maximum atomic E-state index is 13.2. The van der Waals surface area contributed by atoms with Gasteiger partial charge in [0.15, 0.2) is 9.84 Å². The summed E-state index contributed by atoms with van der Waals surface area (Å²) in [7, 11) is -3.63. The van der Waals surface area contributed by atoms with E-state index >= 15 is 0 Å². The Hall–Kier alpha value is -2.80. The lowest BCUT2D eigenvalue weighted by atomic mass is 10.1. The van der Waals surface area contributed by atoms with Gasteiger partial charge in [-0.25, -0.2) is 8.42 Å². The van der Waals surface area contributed by atoms with Crippen molar-refractivity contribution in [3.8, 4) is 11.4 Å². The number of carbonyl (C=O) groups is 1. The Kier molecular flexibility index (Phi) is 6.62. The summed E-state index contributed by atoms with van der Waals surface area (Å²) in [5.74, 6) is 0.0592. The molecule has 0 aliphatic carbocycles. The summed E-state index contributed by atoms with van der Waals surface area (Å²) in [4.78, 5) is 13.9. The van der Waals surface area contributed by atoms with Crippen molar-refractivity contribution in [1.29, 1.82) is 0 Å². The molecule has 3 aromatic carbocycles. The molecule has 1 aromatic heterocycles. The zero-order valence-corrected chi connectivity index (χ0v) is 22.5. The number of hydrogen-bond donors (Lipinski definition) is 2. The van der Waals surface area contributed by atoms with Crippen LogP contribution in [0.1, 0.15) is 11.1 Å². The molecule has 4 aromatic rings. The average Bonchev–Trinajstić information content (AvgIpc) is 3.37. The van der Waals surface area contributed by atoms with Crippen LogP contribution in [-0.4, -0.2) is 34.9 Å². The highest BCUT2D eigenvalue weighted by Gasteiger charge is 2.25. The fraction of sp³-hybridized carbons (Fsp3) is 0.0435. The van der Waals surface area contributed by atoms with Gasteiger partial charge in [0, 0.05) is 19.4 Å². The van der Waals surface area contributed by atoms with Gasteiger partial charge in [-0.3, -0.25) is 4.79 Å². The standard InChI is InChI=1S/C23H15Br2N5O3S2/c24-17-2-1-3-18(25)16(17)12-35(32,33)15-8-9-19-20(11-15)34-21(23(31)26-19)10-13-4-6-14(7-5-13)22-27-29-30-28-22/h1-11H,12H2,(H,26,31)(H,27,28,29,30)/b21-10+. The Bertz CT molecular complexity index is 1550. The van der Waals surface area contributed by atoms with Gasteiger partial charge < -0.3 is 5.32 Å². The van der Waals surface area contributed by atoms with Gasteiger partial charge in [0.25, 0.3) is 5.91 Å². The molecule has 5 rings (SSSR count). The molecule has 0 radical (unpaired) electrons. The molecule has 0 atom stereocenters. The minimum atomic E-state index is -3.63. The van der Waals surface area contributed by atoms with E-state index in [0.29, 0.717) is 35.8 Å². The SMILES string of the molecule is O=C1Nc2ccc(S(=O)(=O)Cc3c(Br)cccc3Br)cc2S/C1=C/c1ccc(-c2nn[nH]n2)cc1. The van der Waals surface area contributed by atoms with Gasteiger partial charge in [-0.1, -0.05) is 74.0 Å². The van der Waals surface area contributed by atoms with E-state index in [4.69, 9.17) is 0 Å². The number of halogens is 2. The number of nitrogens with zero attached hydrogens (tertiary/aromatic N) is 3. The molecular weight excluding hydrogens is 618 g/mol. The van der Waals surface area contributed by atoms with Crippen LogP contribution in [0, 0.1) is 0 Å². The summed E-state index contributed by atoms with van der Waals surface area (Å²) < 4.78 is 27.8. The maximum Gasteiger partial charge on any atom is 0.262 e. The van der Waals surface area contributed by atoms with E-state index in [1.165, 1.54) is 17.8 Å². The normalized spacial score (nSPS) is 14.6. The number of benzene rings is 3. The molecule has 1 amide bonds. The van der Waals surface area contributed by atoms with E-state index in [9.17, 15) is 13.2 Å². The number of tetrazole rings is 1. The third-order valence-electron chi connectivity index (χ3n) is 5.21. The number of aromatic nitrogens is 4. The van der Waals surface area contributed by atoms with Crippen LogP contribution in [0.15, 0.2) is 84.3 Å². The van der Waals surface area contributed by atoms with E-state index in [0.717, 1.165) is 11.1 Å². The Balaban J connectivity index is 1.41. The number of fused-ring (bicyclic) bond motifs is 1. The van der Waals surface area contributed by atoms with Crippen LogP contribution in [-0.2, 0) is 20.4 Å². The largest absolute Gasteiger partial charge is 0.320 e. The third kappa shape index (κ3) is 5.10. The highest BCUT2D eigenvalue weighted by atomic mass is 79.9. The number of thioether (sulfide) groups is 1. The van der Waals surface area contributed by atoms with Gasteiger partial charge in [-0.15, -0.1) is 10.2 Å². The topological polar surface area (TPSA) is 118 Å². The molecule has 0 spiro atoms. The minimum absolute atomic E-state index is 0.166. The van der Waals surface area contributed by atoms with Crippen molar-refractivity contribution in [2.75, 3.05) is 5.32 Å². The molecule has 0 unspecified atom stereocenters. The van der Waals surface area contributed by atoms with Gasteiger partial charge in [0.2, 0.25) is 5.82 Å². The highest BCUT2D eigenvalue weighted by molar-refractivity contribution is 9.11. The van der Waals surface area contributed by atoms with E-state index in [2.05, 4.69) is 57.8 Å². The van der Waals surface area contributed by atoms with E-state index in [1.807, 2.05) is 30.3 Å². The van der Waals surface area contributed by atoms with E-state index in [1.54, 1.807) is 30.3 Å². The third-order valence-corrected chi connectivity index (χ3v) is 9.42. The van der Waals surface area contributed by atoms with Gasteiger partial charge >= 0.3 is 0 Å². The number of amides is 1.